The van der Waals surface area contributed by atoms with E-state index in [1.807, 2.05) is 35.7 Å². The molecule has 0 aliphatic heterocycles. The molecule has 154 valence electrons. The van der Waals surface area contributed by atoms with E-state index in [1.54, 1.807) is 30.4 Å². The molecule has 2 heterocycles. The predicted octanol–water partition coefficient (Wildman–Crippen LogP) is 6.54. The Morgan fingerprint density at radius 1 is 1.07 bits per heavy atom. The Hall–Kier alpha value is -3.05. The molecule has 2 aromatic heterocycles. The molecular weight excluding hydrogens is 394 g/mol. The van der Waals surface area contributed by atoms with Crippen molar-refractivity contribution in [3.05, 3.63) is 71.1 Å². The molecule has 4 aromatic rings. The Morgan fingerprint density at radius 2 is 1.83 bits per heavy atom. The highest BCUT2D eigenvalue weighted by Gasteiger charge is 2.30. The number of thiophene rings is 1. The maximum Gasteiger partial charge on any atom is 0.341 e. The quantitative estimate of drug-likeness (QED) is 0.382. The van der Waals surface area contributed by atoms with Crippen molar-refractivity contribution in [1.82, 2.24) is 4.57 Å². The number of ether oxygens (including phenoxy) is 1. The van der Waals surface area contributed by atoms with Gasteiger partial charge in [0, 0.05) is 5.69 Å². The molecule has 2 aromatic carbocycles. The Labute approximate surface area is 180 Å². The summed E-state index contributed by atoms with van der Waals surface area (Å²) in [6.45, 7) is 8.57. The molecule has 0 bridgehead atoms. The number of hydrogen-bond donors (Lipinski definition) is 1. The Kier molecular flexibility index (Phi) is 5.16. The number of nitrogens with zero attached hydrogens (tertiary/aromatic N) is 1. The standard InChI is InChI=1S/C25H25NO3S/c1-5-29-24(28)22-21-18(12-8-13-19(21)27)26(23(22)20-14-9-15-30-20)17-11-7-6-10-16(17)25(2,3)4/h6-15,27H,5H2,1-4H3. The highest BCUT2D eigenvalue weighted by molar-refractivity contribution is 7.13. The number of aromatic nitrogens is 1. The first-order valence-corrected chi connectivity index (χ1v) is 10.9. The summed E-state index contributed by atoms with van der Waals surface area (Å²) in [5, 5.41) is 13.3. The summed E-state index contributed by atoms with van der Waals surface area (Å²) in [6, 6.07) is 17.5. The van der Waals surface area contributed by atoms with Crippen LogP contribution in [0.2, 0.25) is 0 Å². The maximum absolute atomic E-state index is 13.1. The minimum Gasteiger partial charge on any atom is -0.507 e. The molecule has 4 nitrogen and oxygen atoms in total. The van der Waals surface area contributed by atoms with Crippen molar-refractivity contribution in [3.8, 4) is 22.0 Å². The zero-order valence-corrected chi connectivity index (χ0v) is 18.4. The fourth-order valence-corrected chi connectivity index (χ4v) is 4.69. The number of aromatic hydroxyl groups is 1. The number of phenolic OH excluding ortho intramolecular Hbond substituents is 1. The van der Waals surface area contributed by atoms with E-state index in [-0.39, 0.29) is 17.8 Å². The van der Waals surface area contributed by atoms with E-state index in [2.05, 4.69) is 37.5 Å². The van der Waals surface area contributed by atoms with E-state index in [1.165, 1.54) is 0 Å². The molecule has 0 saturated carbocycles. The second-order valence-corrected chi connectivity index (χ2v) is 9.14. The largest absolute Gasteiger partial charge is 0.507 e. The van der Waals surface area contributed by atoms with Gasteiger partial charge in [0.2, 0.25) is 0 Å². The number of benzene rings is 2. The SMILES string of the molecule is CCOC(=O)c1c(-c2cccs2)n(-c2ccccc2C(C)(C)C)c2cccc(O)c12. The Morgan fingerprint density at radius 3 is 2.50 bits per heavy atom. The molecule has 0 unspecified atom stereocenters. The highest BCUT2D eigenvalue weighted by atomic mass is 32.1. The van der Waals surface area contributed by atoms with Gasteiger partial charge >= 0.3 is 5.97 Å². The Bertz CT molecular complexity index is 1210. The number of rotatable bonds is 4. The van der Waals surface area contributed by atoms with Crippen molar-refractivity contribution in [3.63, 3.8) is 0 Å². The molecule has 0 spiro atoms. The molecule has 0 aliphatic carbocycles. The van der Waals surface area contributed by atoms with Gasteiger partial charge < -0.3 is 14.4 Å². The summed E-state index contributed by atoms with van der Waals surface area (Å²) >= 11 is 1.56. The summed E-state index contributed by atoms with van der Waals surface area (Å²) in [7, 11) is 0. The first kappa shape index (κ1) is 20.2. The van der Waals surface area contributed by atoms with Crippen molar-refractivity contribution in [2.24, 2.45) is 0 Å². The second kappa shape index (κ2) is 7.65. The van der Waals surface area contributed by atoms with Gasteiger partial charge in [0.1, 0.15) is 5.75 Å². The number of esters is 1. The molecule has 0 fully saturated rings. The average molecular weight is 420 g/mol. The van der Waals surface area contributed by atoms with Gasteiger partial charge in [-0.1, -0.05) is 51.1 Å². The zero-order valence-electron chi connectivity index (χ0n) is 17.6. The Balaban J connectivity index is 2.21. The van der Waals surface area contributed by atoms with E-state index in [4.69, 9.17) is 4.74 Å². The molecule has 1 N–H and O–H groups in total. The lowest BCUT2D eigenvalue weighted by atomic mass is 9.85. The topological polar surface area (TPSA) is 51.5 Å². The van der Waals surface area contributed by atoms with Gasteiger partial charge in [-0.3, -0.25) is 0 Å². The first-order valence-electron chi connectivity index (χ1n) is 10.0. The molecule has 0 aliphatic rings. The molecule has 30 heavy (non-hydrogen) atoms. The third-order valence-electron chi connectivity index (χ3n) is 5.16. The highest BCUT2D eigenvalue weighted by Crippen LogP contribution is 2.43. The van der Waals surface area contributed by atoms with Gasteiger partial charge in [-0.15, -0.1) is 11.3 Å². The van der Waals surface area contributed by atoms with Crippen LogP contribution >= 0.6 is 11.3 Å². The van der Waals surface area contributed by atoms with Crippen LogP contribution in [-0.4, -0.2) is 22.2 Å². The molecular formula is C25H25NO3S. The summed E-state index contributed by atoms with van der Waals surface area (Å²) in [5.74, 6) is -0.361. The van der Waals surface area contributed by atoms with Crippen LogP contribution < -0.4 is 0 Å². The average Bonchev–Trinajstić information content (AvgIpc) is 3.34. The number of carbonyl (C=O) groups is 1. The van der Waals surface area contributed by atoms with Crippen molar-refractivity contribution in [2.75, 3.05) is 6.61 Å². The third-order valence-corrected chi connectivity index (χ3v) is 6.04. The van der Waals surface area contributed by atoms with Gasteiger partial charge in [-0.25, -0.2) is 4.79 Å². The lowest BCUT2D eigenvalue weighted by Crippen LogP contribution is -2.15. The summed E-state index contributed by atoms with van der Waals surface area (Å²) in [5.41, 5.74) is 3.95. The van der Waals surface area contributed by atoms with Crippen molar-refractivity contribution < 1.29 is 14.6 Å². The number of carbonyl (C=O) groups excluding carboxylic acids is 1. The molecule has 5 heteroatoms. The number of fused-ring (bicyclic) bond motifs is 1. The number of para-hydroxylation sites is 1. The van der Waals surface area contributed by atoms with Crippen LogP contribution in [0.1, 0.15) is 43.6 Å². The van der Waals surface area contributed by atoms with Crippen LogP contribution in [0, 0.1) is 0 Å². The lowest BCUT2D eigenvalue weighted by Gasteiger charge is -2.24. The van der Waals surface area contributed by atoms with E-state index in [9.17, 15) is 9.90 Å². The van der Waals surface area contributed by atoms with Gasteiger partial charge in [0.15, 0.2) is 0 Å². The zero-order chi connectivity index (χ0) is 21.5. The van der Waals surface area contributed by atoms with E-state index >= 15 is 0 Å². The lowest BCUT2D eigenvalue weighted by molar-refractivity contribution is 0.0529. The van der Waals surface area contributed by atoms with Crippen molar-refractivity contribution in [1.29, 1.82) is 0 Å². The number of phenols is 1. The van der Waals surface area contributed by atoms with Crippen LogP contribution in [0.25, 0.3) is 27.2 Å². The van der Waals surface area contributed by atoms with Gasteiger partial charge in [0.05, 0.1) is 33.6 Å². The molecule has 4 rings (SSSR count). The smallest absolute Gasteiger partial charge is 0.341 e. The minimum atomic E-state index is -0.431. The van der Waals surface area contributed by atoms with Crippen molar-refractivity contribution >= 4 is 28.2 Å². The second-order valence-electron chi connectivity index (χ2n) is 8.20. The van der Waals surface area contributed by atoms with Crippen LogP contribution in [0.5, 0.6) is 5.75 Å². The molecule has 0 atom stereocenters. The van der Waals surface area contributed by atoms with Gasteiger partial charge in [-0.2, -0.15) is 0 Å². The van der Waals surface area contributed by atoms with Crippen LogP contribution in [-0.2, 0) is 10.2 Å². The van der Waals surface area contributed by atoms with E-state index < -0.39 is 5.97 Å². The monoisotopic (exact) mass is 419 g/mol. The molecule has 0 amide bonds. The molecule has 0 radical (unpaired) electrons. The van der Waals surface area contributed by atoms with Gasteiger partial charge in [0.25, 0.3) is 0 Å². The normalized spacial score (nSPS) is 11.7. The first-order chi connectivity index (χ1) is 14.3. The predicted molar refractivity (Wildman–Crippen MR) is 123 cm³/mol. The fraction of sp³-hybridized carbons (Fsp3) is 0.240. The number of hydrogen-bond acceptors (Lipinski definition) is 4. The maximum atomic E-state index is 13.1. The minimum absolute atomic E-state index is 0.0698. The summed E-state index contributed by atoms with van der Waals surface area (Å²) in [4.78, 5) is 14.1. The molecule has 0 saturated heterocycles. The van der Waals surface area contributed by atoms with Gasteiger partial charge in [-0.05, 0) is 47.5 Å². The van der Waals surface area contributed by atoms with E-state index in [0.29, 0.717) is 10.9 Å². The van der Waals surface area contributed by atoms with Crippen LogP contribution in [0.15, 0.2) is 60.0 Å². The summed E-state index contributed by atoms with van der Waals surface area (Å²) < 4.78 is 7.51. The van der Waals surface area contributed by atoms with Crippen molar-refractivity contribution in [2.45, 2.75) is 33.1 Å². The summed E-state index contributed by atoms with van der Waals surface area (Å²) in [6.07, 6.45) is 0. The van der Waals surface area contributed by atoms with Crippen LogP contribution in [0.3, 0.4) is 0 Å². The van der Waals surface area contributed by atoms with E-state index in [0.717, 1.165) is 27.3 Å². The fourth-order valence-electron chi connectivity index (χ4n) is 3.92. The third kappa shape index (κ3) is 3.29. The van der Waals surface area contributed by atoms with Crippen LogP contribution in [0.4, 0.5) is 0 Å².